The first kappa shape index (κ1) is 26.6. The molecule has 3 fully saturated rings. The van der Waals surface area contributed by atoms with Crippen LogP contribution in [-0.4, -0.2) is 44.3 Å². The van der Waals surface area contributed by atoms with E-state index in [4.69, 9.17) is 4.74 Å². The molecule has 0 amide bonds. The van der Waals surface area contributed by atoms with Crippen LogP contribution < -0.4 is 0 Å². The second kappa shape index (κ2) is 8.57. The molecule has 34 heavy (non-hydrogen) atoms. The van der Waals surface area contributed by atoms with Crippen LogP contribution in [0.1, 0.15) is 113 Å². The van der Waals surface area contributed by atoms with Crippen molar-refractivity contribution in [3.8, 4) is 0 Å². The van der Waals surface area contributed by atoms with Gasteiger partial charge in [0.25, 0.3) is 0 Å². The Kier molecular flexibility index (Phi) is 6.71. The maximum atomic E-state index is 11.7. The van der Waals surface area contributed by atoms with Gasteiger partial charge < -0.3 is 20.1 Å². The predicted molar refractivity (Wildman–Crippen MR) is 137 cm³/mol. The van der Waals surface area contributed by atoms with Gasteiger partial charge in [0.1, 0.15) is 0 Å². The number of rotatable bonds is 3. The third-order valence-corrected chi connectivity index (χ3v) is 11.3. The summed E-state index contributed by atoms with van der Waals surface area (Å²) in [6.07, 6.45) is 10.1. The molecule has 0 aromatic heterocycles. The molecule has 3 N–H and O–H groups in total. The Labute approximate surface area is 208 Å². The Morgan fingerprint density at radius 2 is 1.56 bits per heavy atom. The average molecular weight is 477 g/mol. The van der Waals surface area contributed by atoms with Gasteiger partial charge in [0.15, 0.2) is 0 Å². The topological polar surface area (TPSA) is 69.9 Å². The molecule has 0 aromatic rings. The number of ether oxygens (including phenoxy) is 1. The van der Waals surface area contributed by atoms with E-state index < -0.39 is 22.9 Å². The summed E-state index contributed by atoms with van der Waals surface area (Å²) in [4.78, 5) is 0. The lowest BCUT2D eigenvalue weighted by Gasteiger charge is -2.57. The van der Waals surface area contributed by atoms with E-state index in [2.05, 4.69) is 40.7 Å². The molecule has 1 saturated heterocycles. The lowest BCUT2D eigenvalue weighted by Crippen LogP contribution is -2.57. The van der Waals surface area contributed by atoms with Gasteiger partial charge in [0.05, 0.1) is 29.0 Å². The quantitative estimate of drug-likeness (QED) is 0.436. The van der Waals surface area contributed by atoms with Crippen LogP contribution >= 0.6 is 0 Å². The van der Waals surface area contributed by atoms with E-state index >= 15 is 0 Å². The Bertz CT molecular complexity index is 794. The van der Waals surface area contributed by atoms with Crippen molar-refractivity contribution in [2.75, 3.05) is 0 Å². The highest BCUT2D eigenvalue weighted by Crippen LogP contribution is 2.59. The van der Waals surface area contributed by atoms with E-state index in [1.54, 1.807) is 0 Å². The minimum atomic E-state index is -0.729. The Hall–Kier alpha value is -0.420. The fraction of sp³-hybridized carbons (Fsp3) is 0.933. The zero-order valence-electron chi connectivity index (χ0n) is 23.2. The van der Waals surface area contributed by atoms with Gasteiger partial charge in [-0.2, -0.15) is 0 Å². The van der Waals surface area contributed by atoms with Crippen molar-refractivity contribution >= 4 is 0 Å². The first-order valence-corrected chi connectivity index (χ1v) is 14.0. The molecule has 4 heteroatoms. The zero-order valence-corrected chi connectivity index (χ0v) is 23.2. The molecule has 0 bridgehead atoms. The minimum absolute atomic E-state index is 0.0625. The van der Waals surface area contributed by atoms with Gasteiger partial charge in [-0.05, 0) is 127 Å². The number of aliphatic hydroxyl groups excluding tert-OH is 1. The molecule has 0 unspecified atom stereocenters. The van der Waals surface area contributed by atoms with Gasteiger partial charge in [0, 0.05) is 0 Å². The van der Waals surface area contributed by atoms with Crippen LogP contribution in [0.5, 0.6) is 0 Å². The van der Waals surface area contributed by atoms with E-state index in [1.807, 2.05) is 20.8 Å². The van der Waals surface area contributed by atoms with Crippen LogP contribution in [0.25, 0.3) is 0 Å². The molecule has 0 radical (unpaired) electrons. The largest absolute Gasteiger partial charge is 0.390 e. The molecule has 2 saturated carbocycles. The number of aliphatic hydroxyl groups is 3. The summed E-state index contributed by atoms with van der Waals surface area (Å²) >= 11 is 0. The summed E-state index contributed by atoms with van der Waals surface area (Å²) in [5.41, 5.74) is -0.362. The normalized spacial score (nSPS) is 50.5. The van der Waals surface area contributed by atoms with Crippen molar-refractivity contribution in [2.24, 2.45) is 34.5 Å². The second-order valence-corrected chi connectivity index (χ2v) is 14.6. The second-order valence-electron chi connectivity index (χ2n) is 14.6. The summed E-state index contributed by atoms with van der Waals surface area (Å²) in [5.74, 6) is 1.33. The molecule has 4 nitrogen and oxygen atoms in total. The van der Waals surface area contributed by atoms with Gasteiger partial charge in [0.2, 0.25) is 0 Å². The molecule has 9 atom stereocenters. The van der Waals surface area contributed by atoms with Crippen molar-refractivity contribution in [3.63, 3.8) is 0 Å². The third kappa shape index (κ3) is 4.44. The van der Waals surface area contributed by atoms with Gasteiger partial charge >= 0.3 is 0 Å². The van der Waals surface area contributed by atoms with E-state index in [-0.39, 0.29) is 22.9 Å². The van der Waals surface area contributed by atoms with Crippen LogP contribution in [0.3, 0.4) is 0 Å². The highest BCUT2D eigenvalue weighted by atomic mass is 16.5. The van der Waals surface area contributed by atoms with E-state index in [9.17, 15) is 15.3 Å². The number of fused-ring (bicyclic) bond motifs is 2. The predicted octanol–water partition coefficient (Wildman–Crippen LogP) is 6.02. The van der Waals surface area contributed by atoms with Crippen LogP contribution in [0.4, 0.5) is 0 Å². The van der Waals surface area contributed by atoms with Crippen LogP contribution in [0.15, 0.2) is 11.6 Å². The third-order valence-electron chi connectivity index (χ3n) is 11.3. The SMILES string of the molecule is CC1=CC[C@H]2[C@@H]([C@@H]1CC[C@H]1[C@]3(C)CC[C@H](O)C(C)(C)O[C@H]3CC[C@@]1(C)O)C(C)(C)CC[C@]2(C)O. The van der Waals surface area contributed by atoms with Crippen molar-refractivity contribution in [2.45, 2.75) is 142 Å². The standard InChI is InChI=1S/C30H52O4/c1-19-9-11-21-25(26(2,3)17-18-29(21,7)32)20(19)10-12-22-28(6)15-13-23(31)27(4,5)34-24(28)14-16-30(22,8)33/h9,20-25,31-33H,10-18H2,1-8H3/t20-,21+,22+,23+,24+,25-,28+,29+,30-/m1/s1. The Balaban J connectivity index is 1.61. The summed E-state index contributed by atoms with van der Waals surface area (Å²) in [6, 6.07) is 0. The number of allylic oxidation sites excluding steroid dienone is 2. The molecule has 1 heterocycles. The molecule has 3 aliphatic carbocycles. The smallest absolute Gasteiger partial charge is 0.0888 e. The van der Waals surface area contributed by atoms with Gasteiger partial charge in [-0.15, -0.1) is 0 Å². The zero-order chi connectivity index (χ0) is 25.3. The maximum absolute atomic E-state index is 11.7. The first-order valence-electron chi connectivity index (χ1n) is 14.0. The lowest BCUT2D eigenvalue weighted by atomic mass is 9.50. The van der Waals surface area contributed by atoms with Crippen molar-refractivity contribution in [1.82, 2.24) is 0 Å². The van der Waals surface area contributed by atoms with Crippen LogP contribution in [0.2, 0.25) is 0 Å². The molecule has 4 rings (SSSR count). The van der Waals surface area contributed by atoms with E-state index in [1.165, 1.54) is 5.57 Å². The summed E-state index contributed by atoms with van der Waals surface area (Å²) in [6.45, 7) is 17.5. The van der Waals surface area contributed by atoms with Gasteiger partial charge in [-0.1, -0.05) is 32.4 Å². The van der Waals surface area contributed by atoms with Crippen molar-refractivity contribution in [1.29, 1.82) is 0 Å². The summed E-state index contributed by atoms with van der Waals surface area (Å²) in [5, 5.41) is 33.7. The Morgan fingerprint density at radius 1 is 0.882 bits per heavy atom. The maximum Gasteiger partial charge on any atom is 0.0888 e. The molecule has 0 aromatic carbocycles. The average Bonchev–Trinajstić information content (AvgIpc) is 2.80. The fourth-order valence-electron chi connectivity index (χ4n) is 8.86. The highest BCUT2D eigenvalue weighted by molar-refractivity contribution is 5.18. The molecule has 4 aliphatic rings. The van der Waals surface area contributed by atoms with Crippen molar-refractivity contribution < 1.29 is 20.1 Å². The van der Waals surface area contributed by atoms with Crippen LogP contribution in [0, 0.1) is 34.5 Å². The number of hydrogen-bond acceptors (Lipinski definition) is 4. The minimum Gasteiger partial charge on any atom is -0.390 e. The van der Waals surface area contributed by atoms with E-state index in [0.29, 0.717) is 17.8 Å². The molecular formula is C30H52O4. The van der Waals surface area contributed by atoms with Gasteiger partial charge in [-0.3, -0.25) is 0 Å². The van der Waals surface area contributed by atoms with Gasteiger partial charge in [-0.25, -0.2) is 0 Å². The molecular weight excluding hydrogens is 424 g/mol. The highest BCUT2D eigenvalue weighted by Gasteiger charge is 2.57. The monoisotopic (exact) mass is 476 g/mol. The summed E-state index contributed by atoms with van der Waals surface area (Å²) < 4.78 is 6.60. The lowest BCUT2D eigenvalue weighted by molar-refractivity contribution is -0.207. The molecule has 1 aliphatic heterocycles. The van der Waals surface area contributed by atoms with Crippen molar-refractivity contribution in [3.05, 3.63) is 11.6 Å². The molecule has 0 spiro atoms. The molecule has 196 valence electrons. The van der Waals surface area contributed by atoms with Crippen LogP contribution in [-0.2, 0) is 4.74 Å². The Morgan fingerprint density at radius 3 is 2.24 bits per heavy atom. The fourth-order valence-corrected chi connectivity index (χ4v) is 8.86. The summed E-state index contributed by atoms with van der Waals surface area (Å²) in [7, 11) is 0. The first-order chi connectivity index (χ1) is 15.5. The van der Waals surface area contributed by atoms with E-state index in [0.717, 1.165) is 57.8 Å². The number of hydrogen-bond donors (Lipinski definition) is 3.